The van der Waals surface area contributed by atoms with Crippen LogP contribution < -0.4 is 5.32 Å². The van der Waals surface area contributed by atoms with E-state index < -0.39 is 23.5 Å². The monoisotopic (exact) mass is 419 g/mol. The molecule has 1 aliphatic heterocycles. The number of amides is 2. The van der Waals surface area contributed by atoms with Crippen molar-refractivity contribution < 1.29 is 14.0 Å². The summed E-state index contributed by atoms with van der Waals surface area (Å²) in [5, 5.41) is 12.8. The zero-order valence-corrected chi connectivity index (χ0v) is 17.3. The lowest BCUT2D eigenvalue weighted by molar-refractivity contribution is -0.130. The fourth-order valence-electron chi connectivity index (χ4n) is 4.12. The number of hydrogen-bond acceptors (Lipinski definition) is 4. The van der Waals surface area contributed by atoms with Crippen molar-refractivity contribution in [3.8, 4) is 17.2 Å². The topological polar surface area (TPSA) is 91.0 Å². The van der Waals surface area contributed by atoms with Crippen molar-refractivity contribution in [3.63, 3.8) is 0 Å². The molecule has 31 heavy (non-hydrogen) atoms. The third kappa shape index (κ3) is 3.87. The summed E-state index contributed by atoms with van der Waals surface area (Å²) in [5.41, 5.74) is 1.31. The normalized spacial score (nSPS) is 20.6. The lowest BCUT2D eigenvalue weighted by Crippen LogP contribution is -2.43. The highest BCUT2D eigenvalue weighted by Crippen LogP contribution is 2.31. The molecule has 2 atom stereocenters. The molecule has 1 saturated heterocycles. The highest BCUT2D eigenvalue weighted by Gasteiger charge is 2.43. The maximum absolute atomic E-state index is 14.3. The summed E-state index contributed by atoms with van der Waals surface area (Å²) >= 11 is 0. The summed E-state index contributed by atoms with van der Waals surface area (Å²) in [4.78, 5) is 30.8. The first-order chi connectivity index (χ1) is 14.8. The molecular weight excluding hydrogens is 397 g/mol. The van der Waals surface area contributed by atoms with Crippen LogP contribution >= 0.6 is 0 Å². The average molecular weight is 419 g/mol. The van der Waals surface area contributed by atoms with Crippen molar-refractivity contribution in [2.24, 2.45) is 7.05 Å². The molecule has 158 valence electrons. The first-order valence-electron chi connectivity index (χ1n) is 9.95. The van der Waals surface area contributed by atoms with Crippen molar-refractivity contribution in [2.45, 2.75) is 25.1 Å². The van der Waals surface area contributed by atoms with E-state index >= 15 is 0 Å². The van der Waals surface area contributed by atoms with Gasteiger partial charge in [-0.3, -0.25) is 14.6 Å². The molecule has 4 rings (SSSR count). The van der Waals surface area contributed by atoms with Gasteiger partial charge in [-0.25, -0.2) is 4.39 Å². The summed E-state index contributed by atoms with van der Waals surface area (Å²) in [7, 11) is 1.95. The molecule has 1 aliphatic rings. The second-order valence-electron chi connectivity index (χ2n) is 8.05. The zero-order chi connectivity index (χ0) is 22.2. The fourth-order valence-corrected chi connectivity index (χ4v) is 4.12. The Morgan fingerprint density at radius 2 is 2.13 bits per heavy atom. The maximum Gasteiger partial charge on any atom is 0.252 e. The third-order valence-corrected chi connectivity index (χ3v) is 5.65. The van der Waals surface area contributed by atoms with E-state index in [1.165, 1.54) is 18.0 Å². The van der Waals surface area contributed by atoms with E-state index in [0.29, 0.717) is 11.1 Å². The van der Waals surface area contributed by atoms with Crippen LogP contribution in [-0.2, 0) is 11.8 Å². The Labute approximate surface area is 179 Å². The SMILES string of the molecule is Cn1ccc2c(-c3cnccc3C(=O)NCC(=O)N3CC(C)(F)C[C@H]3C#N)cccc21. The van der Waals surface area contributed by atoms with Gasteiger partial charge in [0.15, 0.2) is 0 Å². The molecule has 0 aliphatic carbocycles. The quantitative estimate of drug-likeness (QED) is 0.704. The number of nitrogens with zero attached hydrogens (tertiary/aromatic N) is 4. The third-order valence-electron chi connectivity index (χ3n) is 5.65. The molecule has 1 N–H and O–H groups in total. The van der Waals surface area contributed by atoms with Crippen molar-refractivity contribution >= 4 is 22.7 Å². The number of halogens is 1. The average Bonchev–Trinajstić information content (AvgIpc) is 3.30. The summed E-state index contributed by atoms with van der Waals surface area (Å²) in [6.45, 7) is 0.900. The lowest BCUT2D eigenvalue weighted by atomic mass is 9.98. The van der Waals surface area contributed by atoms with Crippen LogP contribution in [0.25, 0.3) is 22.0 Å². The van der Waals surface area contributed by atoms with Crippen LogP contribution in [0.15, 0.2) is 48.9 Å². The van der Waals surface area contributed by atoms with Crippen LogP contribution in [0.2, 0.25) is 0 Å². The van der Waals surface area contributed by atoms with Gasteiger partial charge in [0.25, 0.3) is 5.91 Å². The molecule has 8 heteroatoms. The Balaban J connectivity index is 1.56. The number of aryl methyl sites for hydroxylation is 1. The molecular formula is C23H22FN5O2. The molecule has 1 fully saturated rings. The van der Waals surface area contributed by atoms with Gasteiger partial charge >= 0.3 is 0 Å². The number of aromatic nitrogens is 2. The van der Waals surface area contributed by atoms with Gasteiger partial charge in [-0.15, -0.1) is 0 Å². The van der Waals surface area contributed by atoms with E-state index in [4.69, 9.17) is 0 Å². The van der Waals surface area contributed by atoms with Gasteiger partial charge in [-0.2, -0.15) is 5.26 Å². The fraction of sp³-hybridized carbons (Fsp3) is 0.304. The number of fused-ring (bicyclic) bond motifs is 1. The van der Waals surface area contributed by atoms with Gasteiger partial charge in [0, 0.05) is 48.5 Å². The maximum atomic E-state index is 14.3. The van der Waals surface area contributed by atoms with Gasteiger partial charge in [0.05, 0.1) is 24.7 Å². The second-order valence-corrected chi connectivity index (χ2v) is 8.05. The molecule has 0 saturated carbocycles. The standard InChI is InChI=1S/C23H22FN5O2/c1-23(24)10-15(11-25)29(14-23)21(30)13-27-22(31)18-6-8-26-12-19(18)16-4-3-5-20-17(16)7-9-28(20)2/h3-9,12,15H,10,13-14H2,1-2H3,(H,27,31)/t15-,23?/m0/s1. The number of likely N-dealkylation sites (tertiary alicyclic amines) is 1. The minimum absolute atomic E-state index is 0.0290. The molecule has 3 heterocycles. The molecule has 2 aromatic heterocycles. The van der Waals surface area contributed by atoms with E-state index in [1.54, 1.807) is 12.3 Å². The Morgan fingerprint density at radius 3 is 2.90 bits per heavy atom. The molecule has 0 spiro atoms. The van der Waals surface area contributed by atoms with Crippen LogP contribution in [0.3, 0.4) is 0 Å². The Bertz CT molecular complexity index is 1210. The predicted octanol–water partition coefficient (Wildman–Crippen LogP) is 2.82. The van der Waals surface area contributed by atoms with Crippen molar-refractivity contribution in [1.29, 1.82) is 5.26 Å². The Kier molecular flexibility index (Phi) is 5.19. The first-order valence-corrected chi connectivity index (χ1v) is 9.95. The van der Waals surface area contributed by atoms with Crippen LogP contribution in [0.4, 0.5) is 4.39 Å². The largest absolute Gasteiger partial charge is 0.351 e. The molecule has 2 amide bonds. The lowest BCUT2D eigenvalue weighted by Gasteiger charge is -2.20. The van der Waals surface area contributed by atoms with Crippen molar-refractivity contribution in [2.75, 3.05) is 13.1 Å². The van der Waals surface area contributed by atoms with Crippen LogP contribution in [0.5, 0.6) is 0 Å². The molecule has 0 bridgehead atoms. The van der Waals surface area contributed by atoms with Gasteiger partial charge in [-0.1, -0.05) is 12.1 Å². The van der Waals surface area contributed by atoms with E-state index in [0.717, 1.165) is 16.5 Å². The highest BCUT2D eigenvalue weighted by molar-refractivity contribution is 6.06. The molecule has 1 aromatic carbocycles. The van der Waals surface area contributed by atoms with Crippen LogP contribution in [-0.4, -0.2) is 51.1 Å². The number of carbonyl (C=O) groups excluding carboxylic acids is 2. The number of benzene rings is 1. The molecule has 1 unspecified atom stereocenters. The van der Waals surface area contributed by atoms with E-state index in [2.05, 4.69) is 10.3 Å². The number of nitriles is 1. The number of nitrogens with one attached hydrogen (secondary N) is 1. The number of hydrogen-bond donors (Lipinski definition) is 1. The predicted molar refractivity (Wildman–Crippen MR) is 114 cm³/mol. The zero-order valence-electron chi connectivity index (χ0n) is 17.3. The van der Waals surface area contributed by atoms with Crippen molar-refractivity contribution in [1.82, 2.24) is 19.8 Å². The van der Waals surface area contributed by atoms with Crippen LogP contribution in [0.1, 0.15) is 23.7 Å². The van der Waals surface area contributed by atoms with E-state index in [1.807, 2.05) is 48.1 Å². The highest BCUT2D eigenvalue weighted by atomic mass is 19.1. The summed E-state index contributed by atoms with van der Waals surface area (Å²) in [6, 6.07) is 10.5. The summed E-state index contributed by atoms with van der Waals surface area (Å²) in [5.74, 6) is -0.920. The minimum Gasteiger partial charge on any atom is -0.351 e. The molecule has 0 radical (unpaired) electrons. The van der Waals surface area contributed by atoms with E-state index in [9.17, 15) is 19.2 Å². The summed E-state index contributed by atoms with van der Waals surface area (Å²) < 4.78 is 16.2. The van der Waals surface area contributed by atoms with E-state index in [-0.39, 0.29) is 19.5 Å². The number of carbonyl (C=O) groups is 2. The second kappa shape index (κ2) is 7.84. The summed E-state index contributed by atoms with van der Waals surface area (Å²) in [6.07, 6.45) is 5.06. The Morgan fingerprint density at radius 1 is 1.32 bits per heavy atom. The Hall–Kier alpha value is -3.73. The van der Waals surface area contributed by atoms with Gasteiger partial charge in [-0.05, 0) is 30.7 Å². The van der Waals surface area contributed by atoms with Crippen LogP contribution in [0, 0.1) is 11.3 Å². The minimum atomic E-state index is -1.60. The smallest absolute Gasteiger partial charge is 0.252 e. The number of alkyl halides is 1. The molecule has 7 nitrogen and oxygen atoms in total. The number of rotatable bonds is 4. The molecule has 3 aromatic rings. The van der Waals surface area contributed by atoms with Gasteiger partial charge in [0.1, 0.15) is 11.7 Å². The first kappa shape index (κ1) is 20.5. The van der Waals surface area contributed by atoms with Crippen molar-refractivity contribution in [3.05, 3.63) is 54.5 Å². The van der Waals surface area contributed by atoms with Gasteiger partial charge < -0.3 is 14.8 Å². The number of pyridine rings is 1. The van der Waals surface area contributed by atoms with Gasteiger partial charge in [0.2, 0.25) is 5.91 Å².